The lowest BCUT2D eigenvalue weighted by Crippen LogP contribution is -2.31. The fourth-order valence-electron chi connectivity index (χ4n) is 2.94. The molecule has 26 heavy (non-hydrogen) atoms. The quantitative estimate of drug-likeness (QED) is 0.405. The molecular weight excluding hydrogens is 336 g/mol. The Kier molecular flexibility index (Phi) is 4.83. The van der Waals surface area contributed by atoms with E-state index >= 15 is 0 Å². The molecule has 2 aromatic carbocycles. The van der Waals surface area contributed by atoms with Crippen LogP contribution in [-0.2, 0) is 12.8 Å². The fraction of sp³-hybridized carbons (Fsp3) is 0.222. The highest BCUT2D eigenvalue weighted by molar-refractivity contribution is 5.98. The second-order valence-electron chi connectivity index (χ2n) is 6.03. The number of rotatable bonds is 1. The first-order chi connectivity index (χ1) is 12.5. The molecule has 0 unspecified atom stereocenters. The van der Waals surface area contributed by atoms with E-state index in [2.05, 4.69) is 10.6 Å². The van der Waals surface area contributed by atoms with Crippen LogP contribution in [0.4, 0.5) is 11.4 Å². The SMILES string of the molecule is Nc1ccc2c(c1)C(=O)NCC2.O=C1NCCc2ccc([N+](=O)[O-])cc21. The first-order valence-electron chi connectivity index (χ1n) is 8.18. The number of nitrogens with one attached hydrogen (secondary N) is 2. The molecule has 0 saturated carbocycles. The number of nitrogen functional groups attached to an aromatic ring is 1. The van der Waals surface area contributed by atoms with Crippen LogP contribution in [0, 0.1) is 10.1 Å². The minimum absolute atomic E-state index is 0.0106. The number of amides is 2. The smallest absolute Gasteiger partial charge is 0.270 e. The fourth-order valence-corrected chi connectivity index (χ4v) is 2.94. The van der Waals surface area contributed by atoms with Crippen LogP contribution >= 0.6 is 0 Å². The summed E-state index contributed by atoms with van der Waals surface area (Å²) < 4.78 is 0. The maximum atomic E-state index is 11.3. The number of nitro groups is 1. The Morgan fingerprint density at radius 1 is 0.885 bits per heavy atom. The molecule has 2 aliphatic heterocycles. The Morgan fingerprint density at radius 3 is 2.00 bits per heavy atom. The zero-order chi connectivity index (χ0) is 18.7. The number of hydrogen-bond donors (Lipinski definition) is 3. The van der Waals surface area contributed by atoms with Gasteiger partial charge in [-0.3, -0.25) is 19.7 Å². The van der Waals surface area contributed by atoms with Gasteiger partial charge in [-0.25, -0.2) is 0 Å². The third-order valence-electron chi connectivity index (χ3n) is 4.29. The maximum absolute atomic E-state index is 11.3. The van der Waals surface area contributed by atoms with Gasteiger partial charge in [0.2, 0.25) is 0 Å². The zero-order valence-corrected chi connectivity index (χ0v) is 14.0. The van der Waals surface area contributed by atoms with Gasteiger partial charge in [0.15, 0.2) is 0 Å². The normalized spacial score (nSPS) is 14.8. The van der Waals surface area contributed by atoms with Gasteiger partial charge in [-0.05, 0) is 36.1 Å². The van der Waals surface area contributed by atoms with Crippen molar-refractivity contribution in [2.75, 3.05) is 18.8 Å². The number of fused-ring (bicyclic) bond motifs is 2. The second-order valence-corrected chi connectivity index (χ2v) is 6.03. The van der Waals surface area contributed by atoms with Crippen LogP contribution in [0.5, 0.6) is 0 Å². The molecule has 0 saturated heterocycles. The van der Waals surface area contributed by atoms with Crippen LogP contribution < -0.4 is 16.4 Å². The summed E-state index contributed by atoms with van der Waals surface area (Å²) in [7, 11) is 0. The monoisotopic (exact) mass is 354 g/mol. The number of nitro benzene ring substituents is 1. The van der Waals surface area contributed by atoms with Crippen molar-refractivity contribution >= 4 is 23.2 Å². The third kappa shape index (κ3) is 3.64. The maximum Gasteiger partial charge on any atom is 0.270 e. The summed E-state index contributed by atoms with van der Waals surface area (Å²) in [4.78, 5) is 32.6. The van der Waals surface area contributed by atoms with Crippen LogP contribution in [0.1, 0.15) is 31.8 Å². The molecular formula is C18H18N4O4. The average Bonchev–Trinajstić information content (AvgIpc) is 2.63. The van der Waals surface area contributed by atoms with Crippen molar-refractivity contribution in [2.45, 2.75) is 12.8 Å². The van der Waals surface area contributed by atoms with E-state index in [1.54, 1.807) is 12.1 Å². The van der Waals surface area contributed by atoms with Crippen LogP contribution in [-0.4, -0.2) is 29.8 Å². The number of hydrogen-bond acceptors (Lipinski definition) is 5. The van der Waals surface area contributed by atoms with Gasteiger partial charge in [-0.15, -0.1) is 0 Å². The number of non-ortho nitro benzene ring substituents is 1. The molecule has 4 N–H and O–H groups in total. The highest BCUT2D eigenvalue weighted by atomic mass is 16.6. The van der Waals surface area contributed by atoms with Gasteiger partial charge in [-0.1, -0.05) is 12.1 Å². The van der Waals surface area contributed by atoms with Gasteiger partial charge < -0.3 is 16.4 Å². The van der Waals surface area contributed by atoms with E-state index in [-0.39, 0.29) is 17.5 Å². The highest BCUT2D eigenvalue weighted by Crippen LogP contribution is 2.20. The lowest BCUT2D eigenvalue weighted by molar-refractivity contribution is -0.384. The number of nitrogens with zero attached hydrogens (tertiary/aromatic N) is 1. The molecule has 0 spiro atoms. The Hall–Kier alpha value is -3.42. The molecule has 0 bridgehead atoms. The molecule has 0 aromatic heterocycles. The van der Waals surface area contributed by atoms with E-state index in [0.29, 0.717) is 17.8 Å². The molecule has 0 radical (unpaired) electrons. The first kappa shape index (κ1) is 17.4. The van der Waals surface area contributed by atoms with Gasteiger partial charge in [0.25, 0.3) is 17.5 Å². The predicted molar refractivity (Wildman–Crippen MR) is 96.0 cm³/mol. The number of carbonyl (C=O) groups excluding carboxylic acids is 2. The van der Waals surface area contributed by atoms with Gasteiger partial charge in [-0.2, -0.15) is 0 Å². The Bertz CT molecular complexity index is 895. The number of nitrogens with two attached hydrogens (primary N) is 1. The van der Waals surface area contributed by atoms with E-state index in [4.69, 9.17) is 5.73 Å². The molecule has 2 amide bonds. The molecule has 8 nitrogen and oxygen atoms in total. The molecule has 2 aliphatic rings. The lowest BCUT2D eigenvalue weighted by Gasteiger charge is -2.16. The molecule has 2 aromatic rings. The highest BCUT2D eigenvalue weighted by Gasteiger charge is 2.19. The van der Waals surface area contributed by atoms with Crippen LogP contribution in [0.2, 0.25) is 0 Å². The van der Waals surface area contributed by atoms with Crippen molar-refractivity contribution in [3.8, 4) is 0 Å². The van der Waals surface area contributed by atoms with E-state index < -0.39 is 4.92 Å². The topological polar surface area (TPSA) is 127 Å². The molecule has 0 fully saturated rings. The van der Waals surface area contributed by atoms with Gasteiger partial charge in [0, 0.05) is 42.0 Å². The molecule has 4 rings (SSSR count). The van der Waals surface area contributed by atoms with Gasteiger partial charge in [0.1, 0.15) is 0 Å². The largest absolute Gasteiger partial charge is 0.399 e. The van der Waals surface area contributed by atoms with Gasteiger partial charge >= 0.3 is 0 Å². The first-order valence-corrected chi connectivity index (χ1v) is 8.18. The van der Waals surface area contributed by atoms with E-state index in [1.165, 1.54) is 12.1 Å². The minimum atomic E-state index is -0.498. The Morgan fingerprint density at radius 2 is 1.42 bits per heavy atom. The second kappa shape index (κ2) is 7.22. The standard InChI is InChI=1S/C9H8N2O3.C9H10N2O/c12-9-8-5-7(11(13)14)2-1-6(8)3-4-10-9;10-7-2-1-6-3-4-11-9(12)8(6)5-7/h1-2,5H,3-4H2,(H,10,12);1-2,5H,3-4,10H2,(H,11,12). The van der Waals surface area contributed by atoms with Crippen LogP contribution in [0.15, 0.2) is 36.4 Å². The average molecular weight is 354 g/mol. The predicted octanol–water partition coefficient (Wildman–Crippen LogP) is 1.44. The summed E-state index contributed by atoms with van der Waals surface area (Å²) in [6.45, 7) is 1.33. The number of anilines is 1. The Balaban J connectivity index is 0.000000152. The third-order valence-corrected chi connectivity index (χ3v) is 4.29. The summed E-state index contributed by atoms with van der Waals surface area (Å²) in [5.41, 5.74) is 9.28. The van der Waals surface area contributed by atoms with E-state index in [0.717, 1.165) is 36.1 Å². The number of benzene rings is 2. The van der Waals surface area contributed by atoms with Crippen LogP contribution in [0.25, 0.3) is 0 Å². The van der Waals surface area contributed by atoms with Crippen molar-refractivity contribution in [1.82, 2.24) is 10.6 Å². The summed E-state index contributed by atoms with van der Waals surface area (Å²) >= 11 is 0. The minimum Gasteiger partial charge on any atom is -0.399 e. The van der Waals surface area contributed by atoms with Crippen molar-refractivity contribution in [2.24, 2.45) is 0 Å². The van der Waals surface area contributed by atoms with E-state index in [9.17, 15) is 19.7 Å². The molecule has 0 atom stereocenters. The summed E-state index contributed by atoms with van der Waals surface area (Å²) in [6.07, 6.45) is 1.64. The lowest BCUT2D eigenvalue weighted by atomic mass is 10.00. The molecule has 2 heterocycles. The van der Waals surface area contributed by atoms with Crippen molar-refractivity contribution in [1.29, 1.82) is 0 Å². The van der Waals surface area contributed by atoms with Crippen molar-refractivity contribution in [3.63, 3.8) is 0 Å². The van der Waals surface area contributed by atoms with Crippen molar-refractivity contribution < 1.29 is 14.5 Å². The molecule has 8 heteroatoms. The van der Waals surface area contributed by atoms with E-state index in [1.807, 2.05) is 12.1 Å². The Labute approximate surface area is 149 Å². The zero-order valence-electron chi connectivity index (χ0n) is 14.0. The number of carbonyl (C=O) groups is 2. The molecule has 134 valence electrons. The summed E-state index contributed by atoms with van der Waals surface area (Å²) in [6, 6.07) is 9.87. The van der Waals surface area contributed by atoms with Crippen molar-refractivity contribution in [3.05, 3.63) is 68.8 Å². The van der Waals surface area contributed by atoms with Gasteiger partial charge in [0.05, 0.1) is 4.92 Å². The summed E-state index contributed by atoms with van der Waals surface area (Å²) in [5.74, 6) is -0.237. The summed E-state index contributed by atoms with van der Waals surface area (Å²) in [5, 5.41) is 15.9. The van der Waals surface area contributed by atoms with Crippen LogP contribution in [0.3, 0.4) is 0 Å². The molecule has 0 aliphatic carbocycles.